The second-order valence-corrected chi connectivity index (χ2v) is 8.96. The second-order valence-electron chi connectivity index (χ2n) is 8.96. The minimum absolute atomic E-state index is 0.0471. The van der Waals surface area contributed by atoms with Crippen molar-refractivity contribution in [1.29, 1.82) is 0 Å². The fourth-order valence-electron chi connectivity index (χ4n) is 5.31. The van der Waals surface area contributed by atoms with E-state index in [9.17, 15) is 9.59 Å². The van der Waals surface area contributed by atoms with Gasteiger partial charge in [-0.2, -0.15) is 0 Å². The van der Waals surface area contributed by atoms with Crippen LogP contribution in [0.1, 0.15) is 84.0 Å². The van der Waals surface area contributed by atoms with E-state index in [1.54, 1.807) is 6.92 Å². The van der Waals surface area contributed by atoms with Gasteiger partial charge in [0.1, 0.15) is 0 Å². The molecule has 1 aliphatic heterocycles. The van der Waals surface area contributed by atoms with E-state index in [1.165, 1.54) is 51.4 Å². The van der Waals surface area contributed by atoms with Crippen LogP contribution in [0.25, 0.3) is 0 Å². The van der Waals surface area contributed by atoms with Crippen LogP contribution >= 0.6 is 0 Å². The molecule has 2 saturated carbocycles. The Morgan fingerprint density at radius 3 is 1.85 bits per heavy atom. The van der Waals surface area contributed by atoms with Crippen molar-refractivity contribution < 1.29 is 9.59 Å². The van der Waals surface area contributed by atoms with Crippen molar-refractivity contribution >= 4 is 11.8 Å². The van der Waals surface area contributed by atoms with Gasteiger partial charge in [0.25, 0.3) is 0 Å². The maximum absolute atomic E-state index is 12.9. The molecule has 154 valence electrons. The van der Waals surface area contributed by atoms with Gasteiger partial charge in [0.05, 0.1) is 0 Å². The Morgan fingerprint density at radius 1 is 0.741 bits per heavy atom. The number of carbonyl (C=O) groups is 2. The highest BCUT2D eigenvalue weighted by molar-refractivity contribution is 5.79. The van der Waals surface area contributed by atoms with Crippen LogP contribution in [0.5, 0.6) is 0 Å². The standard InChI is InChI=1S/C22H39N3O2/c1-18(26)23-20-12-10-19(11-13-20)22(27)25-16-14-24(15-17-25)21-8-6-4-2-3-5-7-9-21/h19-21H,2-17H2,1H3,(H,23,26). The van der Waals surface area contributed by atoms with Crippen LogP contribution in [0.4, 0.5) is 0 Å². The van der Waals surface area contributed by atoms with Gasteiger partial charge in [0.15, 0.2) is 0 Å². The predicted octanol–water partition coefficient (Wildman–Crippen LogP) is 3.33. The molecule has 2 amide bonds. The fourth-order valence-corrected chi connectivity index (χ4v) is 5.31. The Labute approximate surface area is 165 Å². The summed E-state index contributed by atoms with van der Waals surface area (Å²) in [6.07, 6.45) is 14.8. The maximum atomic E-state index is 12.9. The maximum Gasteiger partial charge on any atom is 0.225 e. The van der Waals surface area contributed by atoms with Gasteiger partial charge < -0.3 is 10.2 Å². The molecule has 0 spiro atoms. The van der Waals surface area contributed by atoms with Crippen molar-refractivity contribution in [3.8, 4) is 0 Å². The molecule has 5 nitrogen and oxygen atoms in total. The molecule has 0 aromatic rings. The van der Waals surface area contributed by atoms with E-state index in [2.05, 4.69) is 15.1 Å². The number of hydrogen-bond donors (Lipinski definition) is 1. The highest BCUT2D eigenvalue weighted by atomic mass is 16.2. The lowest BCUT2D eigenvalue weighted by molar-refractivity contribution is -0.138. The first-order valence-corrected chi connectivity index (χ1v) is 11.4. The molecule has 1 heterocycles. The Kier molecular flexibility index (Phi) is 7.98. The molecule has 0 bridgehead atoms. The minimum atomic E-state index is 0.0471. The third-order valence-corrected chi connectivity index (χ3v) is 6.95. The van der Waals surface area contributed by atoms with E-state index in [1.807, 2.05) is 0 Å². The molecule has 0 atom stereocenters. The molecule has 1 N–H and O–H groups in total. The van der Waals surface area contributed by atoms with Crippen LogP contribution in [0, 0.1) is 5.92 Å². The third kappa shape index (κ3) is 6.20. The summed E-state index contributed by atoms with van der Waals surface area (Å²) in [5, 5.41) is 3.01. The number of nitrogens with zero attached hydrogens (tertiary/aromatic N) is 2. The number of piperazine rings is 1. The van der Waals surface area contributed by atoms with E-state index in [-0.39, 0.29) is 17.9 Å². The van der Waals surface area contributed by atoms with Gasteiger partial charge in [-0.1, -0.05) is 38.5 Å². The van der Waals surface area contributed by atoms with Crippen LogP contribution in [0.3, 0.4) is 0 Å². The Morgan fingerprint density at radius 2 is 1.30 bits per heavy atom. The zero-order valence-electron chi connectivity index (χ0n) is 17.3. The zero-order chi connectivity index (χ0) is 19.1. The summed E-state index contributed by atoms with van der Waals surface area (Å²) in [6, 6.07) is 1.01. The molecule has 0 radical (unpaired) electrons. The van der Waals surface area contributed by atoms with Crippen LogP contribution in [-0.2, 0) is 9.59 Å². The van der Waals surface area contributed by atoms with Crippen molar-refractivity contribution in [2.24, 2.45) is 5.92 Å². The number of nitrogens with one attached hydrogen (secondary N) is 1. The molecule has 3 aliphatic rings. The summed E-state index contributed by atoms with van der Waals surface area (Å²) >= 11 is 0. The minimum Gasteiger partial charge on any atom is -0.354 e. The number of rotatable bonds is 3. The molecule has 0 aromatic carbocycles. The van der Waals surface area contributed by atoms with Crippen LogP contribution in [-0.4, -0.2) is 59.9 Å². The van der Waals surface area contributed by atoms with Crippen molar-refractivity contribution in [3.05, 3.63) is 0 Å². The quantitative estimate of drug-likeness (QED) is 0.821. The van der Waals surface area contributed by atoms with Gasteiger partial charge in [-0.05, 0) is 38.5 Å². The van der Waals surface area contributed by atoms with Crippen LogP contribution in [0.2, 0.25) is 0 Å². The van der Waals surface area contributed by atoms with E-state index >= 15 is 0 Å². The fraction of sp³-hybridized carbons (Fsp3) is 0.909. The first-order valence-electron chi connectivity index (χ1n) is 11.4. The van der Waals surface area contributed by atoms with Gasteiger partial charge in [0.2, 0.25) is 11.8 Å². The molecule has 0 unspecified atom stereocenters. The molecular weight excluding hydrogens is 338 g/mol. The average molecular weight is 378 g/mol. The third-order valence-electron chi connectivity index (χ3n) is 6.95. The average Bonchev–Trinajstić information content (AvgIpc) is 2.82. The van der Waals surface area contributed by atoms with Crippen LogP contribution in [0.15, 0.2) is 0 Å². The Hall–Kier alpha value is -1.10. The van der Waals surface area contributed by atoms with Gasteiger partial charge in [0, 0.05) is 51.1 Å². The van der Waals surface area contributed by atoms with Crippen molar-refractivity contribution in [3.63, 3.8) is 0 Å². The number of carbonyl (C=O) groups excluding carboxylic acids is 2. The van der Waals surface area contributed by atoms with Gasteiger partial charge in [-0.15, -0.1) is 0 Å². The lowest BCUT2D eigenvalue weighted by Gasteiger charge is -2.41. The summed E-state index contributed by atoms with van der Waals surface area (Å²) in [7, 11) is 0. The van der Waals surface area contributed by atoms with Crippen LogP contribution < -0.4 is 5.32 Å². The zero-order valence-corrected chi connectivity index (χ0v) is 17.3. The highest BCUT2D eigenvalue weighted by Gasteiger charge is 2.32. The van der Waals surface area contributed by atoms with Crippen molar-refractivity contribution in [1.82, 2.24) is 15.1 Å². The molecule has 3 rings (SSSR count). The van der Waals surface area contributed by atoms with Gasteiger partial charge in [-0.25, -0.2) is 0 Å². The van der Waals surface area contributed by atoms with E-state index < -0.39 is 0 Å². The summed E-state index contributed by atoms with van der Waals surface area (Å²) in [5.41, 5.74) is 0. The highest BCUT2D eigenvalue weighted by Crippen LogP contribution is 2.27. The monoisotopic (exact) mass is 377 g/mol. The SMILES string of the molecule is CC(=O)NC1CCC(C(=O)N2CCN(C3CCCCCCCC3)CC2)CC1. The number of hydrogen-bond acceptors (Lipinski definition) is 3. The van der Waals surface area contributed by atoms with E-state index in [0.717, 1.165) is 57.9 Å². The molecule has 1 saturated heterocycles. The lowest BCUT2D eigenvalue weighted by Crippen LogP contribution is -2.53. The summed E-state index contributed by atoms with van der Waals surface area (Å²) in [6.45, 7) is 5.49. The smallest absolute Gasteiger partial charge is 0.225 e. The largest absolute Gasteiger partial charge is 0.354 e. The molecular formula is C22H39N3O2. The molecule has 2 aliphatic carbocycles. The first-order chi connectivity index (χ1) is 13.1. The predicted molar refractivity (Wildman–Crippen MR) is 108 cm³/mol. The topological polar surface area (TPSA) is 52.7 Å². The summed E-state index contributed by atoms with van der Waals surface area (Å²) < 4.78 is 0. The normalized spacial score (nSPS) is 29.4. The number of amides is 2. The first kappa shape index (κ1) is 20.6. The summed E-state index contributed by atoms with van der Waals surface area (Å²) in [4.78, 5) is 28.9. The van der Waals surface area contributed by atoms with Crippen molar-refractivity contribution in [2.75, 3.05) is 26.2 Å². The Bertz CT molecular complexity index is 470. The second kappa shape index (κ2) is 10.4. The van der Waals surface area contributed by atoms with Gasteiger partial charge in [-0.3, -0.25) is 14.5 Å². The van der Waals surface area contributed by atoms with Crippen molar-refractivity contribution in [2.45, 2.75) is 96.1 Å². The molecule has 27 heavy (non-hydrogen) atoms. The summed E-state index contributed by atoms with van der Waals surface area (Å²) in [5.74, 6) is 0.586. The van der Waals surface area contributed by atoms with E-state index in [4.69, 9.17) is 0 Å². The Balaban J connectivity index is 1.42. The molecule has 3 fully saturated rings. The molecule has 5 heteroatoms. The van der Waals surface area contributed by atoms with E-state index in [0.29, 0.717) is 5.91 Å². The molecule has 0 aromatic heterocycles. The van der Waals surface area contributed by atoms with Gasteiger partial charge >= 0.3 is 0 Å². The lowest BCUT2D eigenvalue weighted by atomic mass is 9.85.